The summed E-state index contributed by atoms with van der Waals surface area (Å²) in [6.45, 7) is 0. The van der Waals surface area contributed by atoms with E-state index in [1.165, 1.54) is 24.3 Å². The van der Waals surface area contributed by atoms with Crippen molar-refractivity contribution in [2.24, 2.45) is 0 Å². The van der Waals surface area contributed by atoms with Gasteiger partial charge in [0.2, 0.25) is 5.78 Å². The molecule has 0 atom stereocenters. The molecule has 0 saturated carbocycles. The summed E-state index contributed by atoms with van der Waals surface area (Å²) >= 11 is 5.99. The molecule has 1 aromatic heterocycles. The van der Waals surface area contributed by atoms with Crippen LogP contribution in [0, 0.1) is 10.1 Å². The van der Waals surface area contributed by atoms with E-state index >= 15 is 0 Å². The van der Waals surface area contributed by atoms with Gasteiger partial charge >= 0.3 is 0 Å². The van der Waals surface area contributed by atoms with Crippen LogP contribution in [0.2, 0.25) is 5.02 Å². The summed E-state index contributed by atoms with van der Waals surface area (Å²) in [5.41, 5.74) is 0.474. The van der Waals surface area contributed by atoms with E-state index in [0.717, 1.165) is 0 Å². The highest BCUT2D eigenvalue weighted by Crippen LogP contribution is 2.28. The highest BCUT2D eigenvalue weighted by molar-refractivity contribution is 6.35. The Balaban J connectivity index is 2.06. The summed E-state index contributed by atoms with van der Waals surface area (Å²) in [7, 11) is 0. The first-order chi connectivity index (χ1) is 10.1. The predicted octanol–water partition coefficient (Wildman–Crippen LogP) is 4.23. The molecule has 3 aromatic rings. The van der Waals surface area contributed by atoms with Crippen molar-refractivity contribution in [1.29, 1.82) is 0 Å². The van der Waals surface area contributed by atoms with E-state index in [2.05, 4.69) is 0 Å². The quantitative estimate of drug-likeness (QED) is 0.412. The van der Waals surface area contributed by atoms with Crippen LogP contribution in [-0.4, -0.2) is 10.7 Å². The number of nitro groups is 1. The highest BCUT2D eigenvalue weighted by atomic mass is 35.5. The lowest BCUT2D eigenvalue weighted by Gasteiger charge is -1.97. The molecule has 0 aliphatic carbocycles. The van der Waals surface area contributed by atoms with Crippen molar-refractivity contribution in [2.75, 3.05) is 0 Å². The normalized spacial score (nSPS) is 10.7. The summed E-state index contributed by atoms with van der Waals surface area (Å²) in [4.78, 5) is 22.5. The number of para-hydroxylation sites is 1. The Morgan fingerprint density at radius 3 is 2.62 bits per heavy atom. The number of fused-ring (bicyclic) bond motifs is 1. The van der Waals surface area contributed by atoms with Gasteiger partial charge in [-0.25, -0.2) is 0 Å². The molecule has 0 amide bonds. The molecule has 1 heterocycles. The summed E-state index contributed by atoms with van der Waals surface area (Å²) in [6.07, 6.45) is 0. The Kier molecular flexibility index (Phi) is 3.19. The lowest BCUT2D eigenvalue weighted by Crippen LogP contribution is -2.00. The summed E-state index contributed by atoms with van der Waals surface area (Å²) < 4.78 is 5.46. The first kappa shape index (κ1) is 13.3. The van der Waals surface area contributed by atoms with E-state index in [-0.39, 0.29) is 17.0 Å². The Hall–Kier alpha value is -2.66. The highest BCUT2D eigenvalue weighted by Gasteiger charge is 2.18. The van der Waals surface area contributed by atoms with Gasteiger partial charge in [0, 0.05) is 23.1 Å². The van der Waals surface area contributed by atoms with E-state index < -0.39 is 10.7 Å². The van der Waals surface area contributed by atoms with Crippen LogP contribution in [-0.2, 0) is 0 Å². The molecule has 21 heavy (non-hydrogen) atoms. The molecule has 0 aliphatic rings. The molecule has 0 radical (unpaired) electrons. The van der Waals surface area contributed by atoms with Crippen molar-refractivity contribution >= 4 is 34.0 Å². The van der Waals surface area contributed by atoms with Gasteiger partial charge in [-0.3, -0.25) is 14.9 Å². The number of nitrogens with zero attached hydrogens (tertiary/aromatic N) is 1. The van der Waals surface area contributed by atoms with Gasteiger partial charge in [0.25, 0.3) is 5.69 Å². The fourth-order valence-electron chi connectivity index (χ4n) is 2.04. The number of furan rings is 1. The molecule has 0 aliphatic heterocycles. The third-order valence-electron chi connectivity index (χ3n) is 3.04. The molecule has 0 spiro atoms. The second-order valence-corrected chi connectivity index (χ2v) is 4.81. The van der Waals surface area contributed by atoms with Gasteiger partial charge in [0.05, 0.1) is 9.95 Å². The summed E-state index contributed by atoms with van der Waals surface area (Å²) in [5, 5.41) is 11.9. The number of rotatable bonds is 3. The van der Waals surface area contributed by atoms with E-state index in [1.807, 2.05) is 0 Å². The van der Waals surface area contributed by atoms with Crippen molar-refractivity contribution in [2.45, 2.75) is 0 Å². The van der Waals surface area contributed by atoms with Gasteiger partial charge in [0.1, 0.15) is 0 Å². The minimum atomic E-state index is -0.549. The monoisotopic (exact) mass is 301 g/mol. The van der Waals surface area contributed by atoms with E-state index in [0.29, 0.717) is 16.0 Å². The minimum absolute atomic E-state index is 0.0959. The second kappa shape index (κ2) is 5.03. The molecule has 6 heteroatoms. The van der Waals surface area contributed by atoms with Crippen LogP contribution in [0.4, 0.5) is 5.69 Å². The molecule has 0 saturated heterocycles. The second-order valence-electron chi connectivity index (χ2n) is 4.41. The molecule has 2 aromatic carbocycles. The Labute approximate surface area is 123 Å². The largest absolute Gasteiger partial charge is 0.451 e. The number of nitro benzene ring substituents is 1. The molecule has 0 unspecified atom stereocenters. The zero-order valence-corrected chi connectivity index (χ0v) is 11.3. The van der Waals surface area contributed by atoms with Crippen LogP contribution in [0.5, 0.6) is 0 Å². The number of hydrogen-bond acceptors (Lipinski definition) is 4. The van der Waals surface area contributed by atoms with Gasteiger partial charge in [-0.2, -0.15) is 0 Å². The van der Waals surface area contributed by atoms with Crippen LogP contribution in [0.25, 0.3) is 11.0 Å². The molecule has 104 valence electrons. The Bertz CT molecular complexity index is 869. The molecule has 3 rings (SSSR count). The summed E-state index contributed by atoms with van der Waals surface area (Å²) in [5.74, 6) is -0.329. The Morgan fingerprint density at radius 1 is 1.14 bits per heavy atom. The number of hydrogen-bond donors (Lipinski definition) is 0. The fourth-order valence-corrected chi connectivity index (χ4v) is 2.26. The Morgan fingerprint density at radius 2 is 1.90 bits per heavy atom. The van der Waals surface area contributed by atoms with Crippen LogP contribution >= 0.6 is 11.6 Å². The first-order valence-electron chi connectivity index (χ1n) is 6.03. The molecule has 0 bridgehead atoms. The molecular weight excluding hydrogens is 294 g/mol. The SMILES string of the molecule is O=C(c1cccc([N+](=O)[O-])c1)c1cc2cccc(Cl)c2o1. The number of ketones is 1. The van der Waals surface area contributed by atoms with Crippen LogP contribution < -0.4 is 0 Å². The number of non-ortho nitro benzene ring substituents is 1. The van der Waals surface area contributed by atoms with Gasteiger partial charge in [-0.15, -0.1) is 0 Å². The predicted molar refractivity (Wildman–Crippen MR) is 77.8 cm³/mol. The third kappa shape index (κ3) is 2.39. The maximum absolute atomic E-state index is 12.3. The zero-order chi connectivity index (χ0) is 15.0. The van der Waals surface area contributed by atoms with E-state index in [9.17, 15) is 14.9 Å². The van der Waals surface area contributed by atoms with Crippen LogP contribution in [0.3, 0.4) is 0 Å². The standard InChI is InChI=1S/C15H8ClNO4/c16-12-6-2-4-10-8-13(21-15(10)12)14(18)9-3-1-5-11(7-9)17(19)20/h1-8H. The first-order valence-corrected chi connectivity index (χ1v) is 6.41. The summed E-state index contributed by atoms with van der Waals surface area (Å²) in [6, 6.07) is 12.3. The molecule has 5 nitrogen and oxygen atoms in total. The number of benzene rings is 2. The van der Waals surface area contributed by atoms with Crippen molar-refractivity contribution < 1.29 is 14.1 Å². The smallest absolute Gasteiger partial charge is 0.270 e. The lowest BCUT2D eigenvalue weighted by molar-refractivity contribution is -0.384. The molecular formula is C15H8ClNO4. The van der Waals surface area contributed by atoms with Crippen molar-refractivity contribution in [3.05, 3.63) is 75.0 Å². The van der Waals surface area contributed by atoms with Gasteiger partial charge < -0.3 is 4.42 Å². The van der Waals surface area contributed by atoms with Crippen molar-refractivity contribution in [3.8, 4) is 0 Å². The minimum Gasteiger partial charge on any atom is -0.451 e. The van der Waals surface area contributed by atoms with Gasteiger partial charge in [0.15, 0.2) is 11.3 Å². The third-order valence-corrected chi connectivity index (χ3v) is 3.34. The van der Waals surface area contributed by atoms with E-state index in [4.69, 9.17) is 16.0 Å². The average Bonchev–Trinajstić information content (AvgIpc) is 2.92. The van der Waals surface area contributed by atoms with Gasteiger partial charge in [-0.05, 0) is 12.1 Å². The van der Waals surface area contributed by atoms with Crippen molar-refractivity contribution in [1.82, 2.24) is 0 Å². The molecule has 0 N–H and O–H groups in total. The zero-order valence-electron chi connectivity index (χ0n) is 10.6. The average molecular weight is 302 g/mol. The van der Waals surface area contributed by atoms with Crippen molar-refractivity contribution in [3.63, 3.8) is 0 Å². The van der Waals surface area contributed by atoms with Gasteiger partial charge in [-0.1, -0.05) is 35.9 Å². The fraction of sp³-hybridized carbons (Fsp3) is 0. The number of carbonyl (C=O) groups is 1. The van der Waals surface area contributed by atoms with Crippen LogP contribution in [0.15, 0.2) is 52.9 Å². The number of halogens is 1. The lowest BCUT2D eigenvalue weighted by atomic mass is 10.1. The molecule has 0 fully saturated rings. The van der Waals surface area contributed by atoms with E-state index in [1.54, 1.807) is 24.3 Å². The number of carbonyl (C=O) groups excluding carboxylic acids is 1. The maximum Gasteiger partial charge on any atom is 0.270 e. The van der Waals surface area contributed by atoms with Crippen LogP contribution in [0.1, 0.15) is 16.1 Å². The topological polar surface area (TPSA) is 73.3 Å². The maximum atomic E-state index is 12.3.